The Morgan fingerprint density at radius 3 is 2.00 bits per heavy atom. The van der Waals surface area contributed by atoms with E-state index in [-0.39, 0.29) is 31.2 Å². The quantitative estimate of drug-likeness (QED) is 0.583. The molecule has 0 aromatic carbocycles. The second-order valence-corrected chi connectivity index (χ2v) is 6.08. The lowest BCUT2D eigenvalue weighted by atomic mass is 10.1. The fourth-order valence-corrected chi connectivity index (χ4v) is 1.85. The van der Waals surface area contributed by atoms with Crippen molar-refractivity contribution in [3.8, 4) is 0 Å². The van der Waals surface area contributed by atoms with E-state index in [4.69, 9.17) is 0 Å². The highest BCUT2D eigenvalue weighted by Crippen LogP contribution is 2.17. The first kappa shape index (κ1) is 17.7. The van der Waals surface area contributed by atoms with Crippen LogP contribution in [0.15, 0.2) is 6.20 Å². The summed E-state index contributed by atoms with van der Waals surface area (Å²) in [5.41, 5.74) is 0.921. The van der Waals surface area contributed by atoms with Crippen LogP contribution < -0.4 is 10.6 Å². The van der Waals surface area contributed by atoms with Crippen LogP contribution in [0.2, 0.25) is 0 Å². The number of nitrogens with zero attached hydrogens (tertiary/aromatic N) is 2. The van der Waals surface area contributed by atoms with E-state index >= 15 is 0 Å². The van der Waals surface area contributed by atoms with Gasteiger partial charge in [0.2, 0.25) is 5.95 Å². The van der Waals surface area contributed by atoms with E-state index in [9.17, 15) is 10.2 Å². The third-order valence-electron chi connectivity index (χ3n) is 3.61. The molecule has 0 unspecified atom stereocenters. The van der Waals surface area contributed by atoms with Gasteiger partial charge in [-0.05, 0) is 18.8 Å². The topological polar surface area (TPSA) is 90.3 Å². The fraction of sp³-hybridized carbons (Fsp3) is 0.733. The third-order valence-corrected chi connectivity index (χ3v) is 3.61. The summed E-state index contributed by atoms with van der Waals surface area (Å²) in [6.07, 6.45) is 1.74. The molecule has 4 N–H and O–H groups in total. The second-order valence-electron chi connectivity index (χ2n) is 6.08. The van der Waals surface area contributed by atoms with Crippen LogP contribution in [-0.2, 0) is 0 Å². The van der Waals surface area contributed by atoms with Crippen molar-refractivity contribution >= 4 is 11.8 Å². The minimum Gasteiger partial charge on any atom is -0.394 e. The maximum atomic E-state index is 9.42. The second kappa shape index (κ2) is 8.14. The summed E-state index contributed by atoms with van der Waals surface area (Å²) in [4.78, 5) is 8.71. The number of aliphatic hydroxyl groups is 2. The van der Waals surface area contributed by atoms with Crippen LogP contribution in [0.3, 0.4) is 0 Å². The minimum absolute atomic E-state index is 0.0307. The van der Waals surface area contributed by atoms with Gasteiger partial charge < -0.3 is 20.8 Å². The normalized spacial score (nSPS) is 14.3. The molecule has 0 bridgehead atoms. The van der Waals surface area contributed by atoms with Crippen molar-refractivity contribution in [2.24, 2.45) is 11.8 Å². The number of anilines is 2. The zero-order valence-electron chi connectivity index (χ0n) is 13.6. The largest absolute Gasteiger partial charge is 0.394 e. The first-order valence-electron chi connectivity index (χ1n) is 7.47. The molecule has 2 atom stereocenters. The Labute approximate surface area is 127 Å². The van der Waals surface area contributed by atoms with E-state index in [1.807, 2.05) is 34.6 Å². The Hall–Kier alpha value is -1.40. The smallest absolute Gasteiger partial charge is 0.224 e. The molecule has 0 fully saturated rings. The molecule has 0 amide bonds. The summed E-state index contributed by atoms with van der Waals surface area (Å²) < 4.78 is 0. The van der Waals surface area contributed by atoms with Gasteiger partial charge in [0.05, 0.1) is 25.3 Å². The zero-order chi connectivity index (χ0) is 16.0. The molecule has 0 aliphatic heterocycles. The molecular weight excluding hydrogens is 268 g/mol. The van der Waals surface area contributed by atoms with E-state index in [1.165, 1.54) is 0 Å². The first-order valence-corrected chi connectivity index (χ1v) is 7.47. The Morgan fingerprint density at radius 1 is 1.00 bits per heavy atom. The molecule has 120 valence electrons. The molecule has 1 aromatic heterocycles. The minimum atomic E-state index is -0.0840. The van der Waals surface area contributed by atoms with Crippen LogP contribution >= 0.6 is 0 Å². The molecule has 0 spiro atoms. The Bertz CT molecular complexity index is 438. The van der Waals surface area contributed by atoms with E-state index in [1.54, 1.807) is 6.20 Å². The van der Waals surface area contributed by atoms with Gasteiger partial charge in [-0.3, -0.25) is 0 Å². The highest BCUT2D eigenvalue weighted by atomic mass is 16.3. The summed E-state index contributed by atoms with van der Waals surface area (Å²) in [6.45, 7) is 10.2. The van der Waals surface area contributed by atoms with Gasteiger partial charge in [-0.2, -0.15) is 4.98 Å². The summed E-state index contributed by atoms with van der Waals surface area (Å²) >= 11 is 0. The number of aromatic nitrogens is 2. The van der Waals surface area contributed by atoms with Gasteiger partial charge in [0.15, 0.2) is 0 Å². The van der Waals surface area contributed by atoms with E-state index in [0.717, 1.165) is 5.56 Å². The number of aliphatic hydroxyl groups excluding tert-OH is 2. The lowest BCUT2D eigenvalue weighted by molar-refractivity contribution is 0.248. The highest BCUT2D eigenvalue weighted by molar-refractivity contribution is 5.47. The van der Waals surface area contributed by atoms with Crippen molar-refractivity contribution in [1.29, 1.82) is 0 Å². The average molecular weight is 296 g/mol. The summed E-state index contributed by atoms with van der Waals surface area (Å²) in [5, 5.41) is 25.2. The first-order chi connectivity index (χ1) is 9.88. The van der Waals surface area contributed by atoms with E-state index in [0.29, 0.717) is 17.7 Å². The number of aryl methyl sites for hydroxylation is 1. The Kier molecular flexibility index (Phi) is 6.84. The van der Waals surface area contributed by atoms with E-state index < -0.39 is 0 Å². The van der Waals surface area contributed by atoms with Gasteiger partial charge in [-0.25, -0.2) is 4.98 Å². The molecule has 0 saturated carbocycles. The number of hydrogen-bond acceptors (Lipinski definition) is 6. The van der Waals surface area contributed by atoms with Crippen molar-refractivity contribution in [1.82, 2.24) is 9.97 Å². The third kappa shape index (κ3) is 5.13. The van der Waals surface area contributed by atoms with Crippen LogP contribution in [0.5, 0.6) is 0 Å². The molecule has 0 saturated heterocycles. The maximum Gasteiger partial charge on any atom is 0.224 e. The van der Waals surface area contributed by atoms with Crippen LogP contribution in [0.4, 0.5) is 11.8 Å². The number of nitrogens with one attached hydrogen (secondary N) is 2. The standard InChI is InChI=1S/C15H28N4O2/c1-9(2)12(7-20)17-14-11(5)6-16-15(19-14)18-13(8-21)10(3)4/h6,9-10,12-13,20-21H,7-8H2,1-5H3,(H2,16,17,18,19)/t12-,13-/m0/s1. The molecule has 6 heteroatoms. The summed E-state index contributed by atoms with van der Waals surface area (Å²) in [6, 6.07) is -0.135. The molecular formula is C15H28N4O2. The zero-order valence-corrected chi connectivity index (χ0v) is 13.6. The van der Waals surface area contributed by atoms with Crippen LogP contribution in [-0.4, -0.2) is 45.5 Å². The molecule has 1 aromatic rings. The molecule has 6 nitrogen and oxygen atoms in total. The lowest BCUT2D eigenvalue weighted by Crippen LogP contribution is -2.32. The summed E-state index contributed by atoms with van der Waals surface area (Å²) in [5.74, 6) is 1.76. The van der Waals surface area contributed by atoms with Crippen molar-refractivity contribution in [2.45, 2.75) is 46.7 Å². The molecule has 0 radical (unpaired) electrons. The maximum absolute atomic E-state index is 9.42. The van der Waals surface area contributed by atoms with Gasteiger partial charge in [0, 0.05) is 11.8 Å². The molecule has 1 rings (SSSR count). The fourth-order valence-electron chi connectivity index (χ4n) is 1.85. The lowest BCUT2D eigenvalue weighted by Gasteiger charge is -2.23. The van der Waals surface area contributed by atoms with Crippen LogP contribution in [0.25, 0.3) is 0 Å². The van der Waals surface area contributed by atoms with Gasteiger partial charge >= 0.3 is 0 Å². The molecule has 1 heterocycles. The highest BCUT2D eigenvalue weighted by Gasteiger charge is 2.16. The van der Waals surface area contributed by atoms with Crippen molar-refractivity contribution in [2.75, 3.05) is 23.8 Å². The van der Waals surface area contributed by atoms with Gasteiger partial charge in [-0.1, -0.05) is 27.7 Å². The number of rotatable bonds is 8. The van der Waals surface area contributed by atoms with Crippen LogP contribution in [0, 0.1) is 18.8 Å². The molecule has 0 aliphatic carbocycles. The van der Waals surface area contributed by atoms with Gasteiger partial charge in [-0.15, -0.1) is 0 Å². The van der Waals surface area contributed by atoms with Crippen molar-refractivity contribution < 1.29 is 10.2 Å². The molecule has 21 heavy (non-hydrogen) atoms. The monoisotopic (exact) mass is 296 g/mol. The van der Waals surface area contributed by atoms with Gasteiger partial charge in [0.25, 0.3) is 0 Å². The Balaban J connectivity index is 2.89. The predicted octanol–water partition coefficient (Wildman–Crippen LogP) is 1.64. The Morgan fingerprint density at radius 2 is 1.52 bits per heavy atom. The van der Waals surface area contributed by atoms with Crippen molar-refractivity contribution in [3.05, 3.63) is 11.8 Å². The van der Waals surface area contributed by atoms with Crippen LogP contribution in [0.1, 0.15) is 33.3 Å². The predicted molar refractivity (Wildman–Crippen MR) is 85.4 cm³/mol. The molecule has 0 aliphatic rings. The number of hydrogen-bond donors (Lipinski definition) is 4. The van der Waals surface area contributed by atoms with Gasteiger partial charge in [0.1, 0.15) is 5.82 Å². The summed E-state index contributed by atoms with van der Waals surface area (Å²) in [7, 11) is 0. The van der Waals surface area contributed by atoms with E-state index in [2.05, 4.69) is 20.6 Å². The van der Waals surface area contributed by atoms with Crippen molar-refractivity contribution in [3.63, 3.8) is 0 Å². The SMILES string of the molecule is Cc1cnc(N[C@@H](CO)C(C)C)nc1N[C@@H](CO)C(C)C. The average Bonchev–Trinajstić information content (AvgIpc) is 2.43.